The van der Waals surface area contributed by atoms with Crippen LogP contribution in [0.4, 0.5) is 0 Å². The van der Waals surface area contributed by atoms with E-state index in [0.29, 0.717) is 49.2 Å². The van der Waals surface area contributed by atoms with Gasteiger partial charge in [0.25, 0.3) is 0 Å². The number of allylic oxidation sites excluding steroid dienone is 4. The zero-order valence-electron chi connectivity index (χ0n) is 21.2. The standard InChI is InChI=1S/C28H34BrNO5/c1-6-35-22-8-7-16(29)11-17(22)24-25-18(12-27(2,3)14-20(25)31)30(10-9-23(33)34)19-13-28(4,5)15-21(32)26(19)24/h7-8,11,24H,6,9-10,12-15H2,1-5H3,(H,33,34). The van der Waals surface area contributed by atoms with E-state index in [2.05, 4.69) is 43.6 Å². The number of ketones is 2. The molecule has 1 aromatic rings. The van der Waals surface area contributed by atoms with Crippen LogP contribution in [0.1, 0.15) is 78.2 Å². The molecule has 0 fully saturated rings. The smallest absolute Gasteiger partial charge is 0.305 e. The van der Waals surface area contributed by atoms with Crippen LogP contribution in [0.2, 0.25) is 0 Å². The number of nitrogens with zero attached hydrogens (tertiary/aromatic N) is 1. The molecule has 35 heavy (non-hydrogen) atoms. The Morgan fingerprint density at radius 1 is 1.03 bits per heavy atom. The number of aliphatic carboxylic acids is 1. The summed E-state index contributed by atoms with van der Waals surface area (Å²) >= 11 is 3.58. The van der Waals surface area contributed by atoms with Gasteiger partial charge in [0.15, 0.2) is 11.6 Å². The number of hydrogen-bond donors (Lipinski definition) is 1. The summed E-state index contributed by atoms with van der Waals surface area (Å²) in [6.07, 6.45) is 1.99. The molecule has 4 rings (SSSR count). The van der Waals surface area contributed by atoms with Crippen molar-refractivity contribution in [3.8, 4) is 5.75 Å². The highest BCUT2D eigenvalue weighted by Crippen LogP contribution is 2.55. The molecule has 188 valence electrons. The number of ether oxygens (including phenoxy) is 1. The monoisotopic (exact) mass is 543 g/mol. The number of halogens is 1. The van der Waals surface area contributed by atoms with Crippen LogP contribution >= 0.6 is 15.9 Å². The summed E-state index contributed by atoms with van der Waals surface area (Å²) in [5, 5.41) is 9.49. The van der Waals surface area contributed by atoms with Gasteiger partial charge in [-0.15, -0.1) is 0 Å². The Labute approximate surface area is 215 Å². The second kappa shape index (κ2) is 9.23. The van der Waals surface area contributed by atoms with Gasteiger partial charge in [0.05, 0.1) is 13.0 Å². The minimum Gasteiger partial charge on any atom is -0.494 e. The van der Waals surface area contributed by atoms with Gasteiger partial charge < -0.3 is 14.7 Å². The van der Waals surface area contributed by atoms with Gasteiger partial charge in [-0.3, -0.25) is 14.4 Å². The van der Waals surface area contributed by atoms with E-state index in [4.69, 9.17) is 4.74 Å². The van der Waals surface area contributed by atoms with Crippen LogP contribution in [0.3, 0.4) is 0 Å². The molecule has 0 saturated heterocycles. The third-order valence-corrected chi connectivity index (χ3v) is 7.65. The van der Waals surface area contributed by atoms with Crippen LogP contribution in [0, 0.1) is 10.8 Å². The Morgan fingerprint density at radius 3 is 2.06 bits per heavy atom. The molecule has 0 aromatic heterocycles. The molecule has 6 nitrogen and oxygen atoms in total. The molecule has 0 unspecified atom stereocenters. The zero-order chi connectivity index (χ0) is 25.7. The summed E-state index contributed by atoms with van der Waals surface area (Å²) in [6, 6.07) is 5.74. The van der Waals surface area contributed by atoms with E-state index in [9.17, 15) is 19.5 Å². The molecular weight excluding hydrogens is 510 g/mol. The number of carbonyl (C=O) groups excluding carboxylic acids is 2. The third-order valence-electron chi connectivity index (χ3n) is 7.15. The van der Waals surface area contributed by atoms with Gasteiger partial charge in [0.1, 0.15) is 5.75 Å². The first-order valence-corrected chi connectivity index (χ1v) is 13.1. The van der Waals surface area contributed by atoms with E-state index in [0.717, 1.165) is 21.4 Å². The minimum absolute atomic E-state index is 0.0215. The molecule has 0 bridgehead atoms. The number of carbonyl (C=O) groups is 3. The molecule has 0 atom stereocenters. The van der Waals surface area contributed by atoms with Crippen LogP contribution in [0.25, 0.3) is 0 Å². The highest BCUT2D eigenvalue weighted by Gasteiger charge is 2.49. The largest absolute Gasteiger partial charge is 0.494 e. The SMILES string of the molecule is CCOc1ccc(Br)cc1C1C2=C(CC(C)(C)CC2=O)N(CCC(=O)O)C2=C1C(=O)CC(C)(C)C2. The van der Waals surface area contributed by atoms with Crippen molar-refractivity contribution in [2.24, 2.45) is 10.8 Å². The van der Waals surface area contributed by atoms with E-state index < -0.39 is 11.9 Å². The highest BCUT2D eigenvalue weighted by molar-refractivity contribution is 9.10. The average Bonchev–Trinajstić information content (AvgIpc) is 2.71. The van der Waals surface area contributed by atoms with Gasteiger partial charge in [0.2, 0.25) is 0 Å². The van der Waals surface area contributed by atoms with E-state index in [-0.39, 0.29) is 35.4 Å². The first-order valence-electron chi connectivity index (χ1n) is 12.3. The Kier molecular flexibility index (Phi) is 6.77. The summed E-state index contributed by atoms with van der Waals surface area (Å²) < 4.78 is 6.83. The summed E-state index contributed by atoms with van der Waals surface area (Å²) in [4.78, 5) is 41.1. The van der Waals surface area contributed by atoms with Crippen molar-refractivity contribution in [1.82, 2.24) is 4.90 Å². The maximum atomic E-state index is 13.8. The normalized spacial score (nSPS) is 21.7. The van der Waals surface area contributed by atoms with Crippen LogP contribution in [-0.4, -0.2) is 40.7 Å². The fraction of sp³-hybridized carbons (Fsp3) is 0.536. The Balaban J connectivity index is 2.02. The van der Waals surface area contributed by atoms with Crippen molar-refractivity contribution in [1.29, 1.82) is 0 Å². The predicted molar refractivity (Wildman–Crippen MR) is 137 cm³/mol. The maximum absolute atomic E-state index is 13.8. The van der Waals surface area contributed by atoms with Crippen molar-refractivity contribution in [2.45, 2.75) is 72.6 Å². The maximum Gasteiger partial charge on any atom is 0.305 e. The number of rotatable bonds is 6. The van der Waals surface area contributed by atoms with E-state index in [1.54, 1.807) is 0 Å². The molecule has 1 aromatic carbocycles. The van der Waals surface area contributed by atoms with Gasteiger partial charge in [0, 0.05) is 57.9 Å². The van der Waals surface area contributed by atoms with Gasteiger partial charge in [-0.1, -0.05) is 43.6 Å². The fourth-order valence-corrected chi connectivity index (χ4v) is 6.25. The van der Waals surface area contributed by atoms with Crippen molar-refractivity contribution in [2.75, 3.05) is 13.2 Å². The van der Waals surface area contributed by atoms with E-state index in [1.165, 1.54) is 0 Å². The highest BCUT2D eigenvalue weighted by atomic mass is 79.9. The number of carboxylic acid groups (broad SMARTS) is 1. The quantitative estimate of drug-likeness (QED) is 0.473. The fourth-order valence-electron chi connectivity index (χ4n) is 5.87. The van der Waals surface area contributed by atoms with Gasteiger partial charge in [-0.25, -0.2) is 0 Å². The Hall–Kier alpha value is -2.41. The molecule has 2 aliphatic carbocycles. The minimum atomic E-state index is -0.898. The molecule has 3 aliphatic rings. The topological polar surface area (TPSA) is 83.9 Å². The molecule has 0 spiro atoms. The van der Waals surface area contributed by atoms with Gasteiger partial charge in [-0.05, 0) is 48.8 Å². The number of Topliss-reactive ketones (excluding diaryl/α,β-unsaturated/α-hetero) is 2. The summed E-state index contributed by atoms with van der Waals surface area (Å²) in [5.74, 6) is -0.716. The lowest BCUT2D eigenvalue weighted by Gasteiger charge is -2.49. The Bertz CT molecular complexity index is 1110. The first kappa shape index (κ1) is 25.7. The van der Waals surface area contributed by atoms with Crippen molar-refractivity contribution in [3.63, 3.8) is 0 Å². The number of hydrogen-bond acceptors (Lipinski definition) is 5. The van der Waals surface area contributed by atoms with Crippen molar-refractivity contribution in [3.05, 3.63) is 50.8 Å². The second-order valence-electron chi connectivity index (χ2n) is 11.4. The second-order valence-corrected chi connectivity index (χ2v) is 12.4. The zero-order valence-corrected chi connectivity index (χ0v) is 22.8. The molecule has 0 amide bonds. The molecule has 1 aliphatic heterocycles. The van der Waals surface area contributed by atoms with Crippen LogP contribution < -0.4 is 4.74 Å². The first-order chi connectivity index (χ1) is 16.3. The molecule has 1 N–H and O–H groups in total. The lowest BCUT2D eigenvalue weighted by atomic mass is 9.63. The van der Waals surface area contributed by atoms with Crippen molar-refractivity contribution >= 4 is 33.5 Å². The van der Waals surface area contributed by atoms with Crippen LogP contribution in [0.15, 0.2) is 45.2 Å². The summed E-state index contributed by atoms with van der Waals surface area (Å²) in [5.41, 5.74) is 3.28. The molecule has 7 heteroatoms. The van der Waals surface area contributed by atoms with Crippen molar-refractivity contribution < 1.29 is 24.2 Å². The van der Waals surface area contributed by atoms with E-state index >= 15 is 0 Å². The lowest BCUT2D eigenvalue weighted by molar-refractivity contribution is -0.137. The number of benzene rings is 1. The lowest BCUT2D eigenvalue weighted by Crippen LogP contribution is -2.45. The summed E-state index contributed by atoms with van der Waals surface area (Å²) in [6.45, 7) is 10.9. The Morgan fingerprint density at radius 2 is 1.57 bits per heavy atom. The molecule has 1 heterocycles. The van der Waals surface area contributed by atoms with Crippen LogP contribution in [0.5, 0.6) is 5.75 Å². The average molecular weight is 544 g/mol. The number of carboxylic acids is 1. The third kappa shape index (κ3) is 4.97. The summed E-state index contributed by atoms with van der Waals surface area (Å²) in [7, 11) is 0. The predicted octanol–water partition coefficient (Wildman–Crippen LogP) is 6.01. The van der Waals surface area contributed by atoms with Gasteiger partial charge >= 0.3 is 5.97 Å². The van der Waals surface area contributed by atoms with Gasteiger partial charge in [-0.2, -0.15) is 0 Å². The molecule has 0 radical (unpaired) electrons. The molecule has 0 saturated carbocycles. The van der Waals surface area contributed by atoms with Crippen LogP contribution in [-0.2, 0) is 14.4 Å². The molecular formula is C28H34BrNO5. The van der Waals surface area contributed by atoms with E-state index in [1.807, 2.05) is 30.0 Å².